The van der Waals surface area contributed by atoms with Gasteiger partial charge in [0.25, 0.3) is 16.6 Å². The summed E-state index contributed by atoms with van der Waals surface area (Å²) in [5.41, 5.74) is 2.16. The van der Waals surface area contributed by atoms with Crippen LogP contribution in [0.2, 0.25) is 10.1 Å². The molecule has 6 aromatic rings. The molecule has 1 saturated carbocycles. The summed E-state index contributed by atoms with van der Waals surface area (Å²) in [6, 6.07) is 63.4. The smallest absolute Gasteiger partial charge is 0.261 e. The zero-order valence-electron chi connectivity index (χ0n) is 35.6. The third kappa shape index (κ3) is 8.42. The highest BCUT2D eigenvalue weighted by atomic mass is 31.2. The molecule has 6 heteroatoms. The quantitative estimate of drug-likeness (QED) is 0.0700. The Balaban J connectivity index is 1.40. The summed E-state index contributed by atoms with van der Waals surface area (Å²) in [6.07, 6.45) is 3.26. The van der Waals surface area contributed by atoms with Gasteiger partial charge in [-0.3, -0.25) is 0 Å². The standard InChI is InChI=1S/C53H59O3PSi2/c1-42-50(55-58(52(2,3)4,46-30-18-10-19-31-46)47-32-20-11-21-33-47)40-43(38-39-57(54,44-26-14-8-15-27-44)45-28-16-9-17-29-45)41-51(42)56-59(53(5,6)7,48-34-22-12-23-35-48)49-36-24-13-25-37-49/h8-38,50-51H,1,39-41H2,2-7H3/t50-,51-/m1/s1. The Hall–Kier alpha value is -4.62. The maximum atomic E-state index is 15.4. The molecule has 6 aromatic carbocycles. The van der Waals surface area contributed by atoms with Gasteiger partial charge in [0.1, 0.15) is 7.14 Å². The van der Waals surface area contributed by atoms with Gasteiger partial charge in [-0.05, 0) is 49.2 Å². The minimum Gasteiger partial charge on any atom is -0.400 e. The lowest BCUT2D eigenvalue weighted by Crippen LogP contribution is -2.69. The second-order valence-electron chi connectivity index (χ2n) is 18.0. The van der Waals surface area contributed by atoms with E-state index in [4.69, 9.17) is 15.4 Å². The average Bonchev–Trinajstić information content (AvgIpc) is 3.26. The zero-order chi connectivity index (χ0) is 41.7. The van der Waals surface area contributed by atoms with E-state index in [-0.39, 0.29) is 22.3 Å². The van der Waals surface area contributed by atoms with Gasteiger partial charge in [-0.1, -0.05) is 242 Å². The molecule has 302 valence electrons. The van der Waals surface area contributed by atoms with Gasteiger partial charge in [0.2, 0.25) is 0 Å². The van der Waals surface area contributed by atoms with Crippen molar-refractivity contribution < 1.29 is 13.4 Å². The summed E-state index contributed by atoms with van der Waals surface area (Å²) in [5.74, 6) is 0. The Morgan fingerprint density at radius 1 is 0.508 bits per heavy atom. The molecule has 0 N–H and O–H groups in total. The van der Waals surface area contributed by atoms with Crippen molar-refractivity contribution in [3.63, 3.8) is 0 Å². The van der Waals surface area contributed by atoms with Crippen LogP contribution in [0.25, 0.3) is 0 Å². The number of hydrogen-bond acceptors (Lipinski definition) is 3. The van der Waals surface area contributed by atoms with Crippen molar-refractivity contribution in [1.29, 1.82) is 0 Å². The molecule has 7 rings (SSSR count). The summed E-state index contributed by atoms with van der Waals surface area (Å²) >= 11 is 0. The highest BCUT2D eigenvalue weighted by molar-refractivity contribution is 7.78. The number of benzene rings is 6. The van der Waals surface area contributed by atoms with Gasteiger partial charge >= 0.3 is 0 Å². The van der Waals surface area contributed by atoms with E-state index in [0.29, 0.717) is 19.0 Å². The third-order valence-corrected chi connectivity index (χ3v) is 25.2. The fourth-order valence-corrected chi connectivity index (χ4v) is 21.1. The van der Waals surface area contributed by atoms with Crippen LogP contribution in [0.4, 0.5) is 0 Å². The van der Waals surface area contributed by atoms with E-state index in [1.807, 2.05) is 60.7 Å². The molecule has 0 saturated heterocycles. The Kier molecular flexibility index (Phi) is 12.6. The Morgan fingerprint density at radius 2 is 0.780 bits per heavy atom. The summed E-state index contributed by atoms with van der Waals surface area (Å²) in [4.78, 5) is 0. The van der Waals surface area contributed by atoms with Crippen LogP contribution in [0.1, 0.15) is 54.4 Å². The maximum Gasteiger partial charge on any atom is 0.261 e. The first-order valence-electron chi connectivity index (χ1n) is 20.9. The van der Waals surface area contributed by atoms with Crippen molar-refractivity contribution in [2.75, 3.05) is 6.16 Å². The normalized spacial score (nSPS) is 16.8. The molecule has 0 aromatic heterocycles. The molecule has 0 heterocycles. The minimum absolute atomic E-state index is 0.234. The predicted molar refractivity (Wildman–Crippen MR) is 256 cm³/mol. The summed E-state index contributed by atoms with van der Waals surface area (Å²) in [6.45, 7) is 18.9. The number of rotatable bonds is 12. The van der Waals surface area contributed by atoms with Gasteiger partial charge in [0, 0.05) is 16.8 Å². The van der Waals surface area contributed by atoms with Crippen molar-refractivity contribution >= 4 is 55.1 Å². The Labute approximate surface area is 355 Å². The Morgan fingerprint density at radius 3 is 1.05 bits per heavy atom. The molecular formula is C53H59O3PSi2. The number of hydrogen-bond donors (Lipinski definition) is 0. The fourth-order valence-electron chi connectivity index (χ4n) is 9.19. The first-order valence-corrected chi connectivity index (χ1v) is 26.6. The van der Waals surface area contributed by atoms with E-state index in [1.165, 1.54) is 26.3 Å². The molecule has 1 aliphatic rings. The molecular weight excluding hydrogens is 772 g/mol. The molecule has 1 fully saturated rings. The van der Waals surface area contributed by atoms with Gasteiger partial charge in [0.05, 0.1) is 12.2 Å². The molecule has 0 aliphatic heterocycles. The van der Waals surface area contributed by atoms with Crippen LogP contribution < -0.4 is 31.4 Å². The highest BCUT2D eigenvalue weighted by Crippen LogP contribution is 2.47. The first-order chi connectivity index (χ1) is 28.3. The SMILES string of the molecule is C=C1[C@H](O[Si](c2ccccc2)(c2ccccc2)C(C)(C)C)CC(=CCP(=O)(c2ccccc2)c2ccccc2)C[C@H]1O[Si](c1ccccc1)(c1ccccc1)C(C)(C)C. The predicted octanol–water partition coefficient (Wildman–Crippen LogP) is 10.2. The second kappa shape index (κ2) is 17.5. The molecule has 0 unspecified atom stereocenters. The highest BCUT2D eigenvalue weighted by Gasteiger charge is 2.55. The summed E-state index contributed by atoms with van der Waals surface area (Å²) in [5, 5.41) is 6.17. The largest absolute Gasteiger partial charge is 0.400 e. The Bertz CT molecular complexity index is 2130. The number of allylic oxidation sites excluding steroid dienone is 1. The summed E-state index contributed by atoms with van der Waals surface area (Å²) in [7, 11) is -9.06. The van der Waals surface area contributed by atoms with E-state index in [2.05, 4.69) is 169 Å². The summed E-state index contributed by atoms with van der Waals surface area (Å²) < 4.78 is 31.4. The average molecular weight is 831 g/mol. The van der Waals surface area contributed by atoms with E-state index in [9.17, 15) is 0 Å². The second-order valence-corrected chi connectivity index (χ2v) is 29.4. The van der Waals surface area contributed by atoms with Gasteiger partial charge < -0.3 is 13.4 Å². The molecule has 1 aliphatic carbocycles. The van der Waals surface area contributed by atoms with Gasteiger partial charge in [-0.15, -0.1) is 0 Å². The van der Waals surface area contributed by atoms with Crippen molar-refractivity contribution in [3.05, 3.63) is 206 Å². The van der Waals surface area contributed by atoms with Gasteiger partial charge in [0.15, 0.2) is 0 Å². The molecule has 0 bridgehead atoms. The fraction of sp³-hybridized carbons (Fsp3) is 0.245. The van der Waals surface area contributed by atoms with Crippen LogP contribution in [0.3, 0.4) is 0 Å². The minimum atomic E-state index is -3.03. The third-order valence-electron chi connectivity index (χ3n) is 12.2. The van der Waals surface area contributed by atoms with E-state index in [0.717, 1.165) is 16.2 Å². The lowest BCUT2D eigenvalue weighted by atomic mass is 9.86. The van der Waals surface area contributed by atoms with Gasteiger partial charge in [-0.2, -0.15) is 0 Å². The van der Waals surface area contributed by atoms with Crippen LogP contribution in [0.15, 0.2) is 206 Å². The van der Waals surface area contributed by atoms with Crippen LogP contribution >= 0.6 is 7.14 Å². The molecule has 2 atom stereocenters. The van der Waals surface area contributed by atoms with Crippen molar-refractivity contribution in [3.8, 4) is 0 Å². The molecule has 59 heavy (non-hydrogen) atoms. The van der Waals surface area contributed by atoms with Crippen molar-refractivity contribution in [2.24, 2.45) is 0 Å². The lowest BCUT2D eigenvalue weighted by Gasteiger charge is -2.50. The van der Waals surface area contributed by atoms with Crippen LogP contribution in [0.5, 0.6) is 0 Å². The topological polar surface area (TPSA) is 35.5 Å². The van der Waals surface area contributed by atoms with Crippen molar-refractivity contribution in [2.45, 2.75) is 76.7 Å². The van der Waals surface area contributed by atoms with Crippen LogP contribution in [-0.2, 0) is 13.4 Å². The monoisotopic (exact) mass is 830 g/mol. The van der Waals surface area contributed by atoms with Gasteiger partial charge in [-0.25, -0.2) is 0 Å². The van der Waals surface area contributed by atoms with Crippen molar-refractivity contribution in [1.82, 2.24) is 0 Å². The molecule has 0 spiro atoms. The lowest BCUT2D eigenvalue weighted by molar-refractivity contribution is 0.138. The molecule has 0 radical (unpaired) electrons. The zero-order valence-corrected chi connectivity index (χ0v) is 38.4. The maximum absolute atomic E-state index is 15.4. The van der Waals surface area contributed by atoms with Crippen LogP contribution in [-0.4, -0.2) is 35.0 Å². The van der Waals surface area contributed by atoms with E-state index in [1.54, 1.807) is 0 Å². The van der Waals surface area contributed by atoms with Crippen LogP contribution in [0, 0.1) is 0 Å². The van der Waals surface area contributed by atoms with E-state index < -0.39 is 23.8 Å². The molecule has 0 amide bonds. The molecule has 3 nitrogen and oxygen atoms in total. The van der Waals surface area contributed by atoms with E-state index >= 15 is 4.57 Å². The first kappa shape index (κ1) is 42.5.